The van der Waals surface area contributed by atoms with Crippen LogP contribution in [0.1, 0.15) is 166 Å². The van der Waals surface area contributed by atoms with E-state index in [2.05, 4.69) is 102 Å². The molecular formula is C55H90O17S3Si2. The third-order valence-electron chi connectivity index (χ3n) is 14.2. The van der Waals surface area contributed by atoms with E-state index in [1.165, 1.54) is 58.1 Å². The number of fused-ring (bicyclic) bond motifs is 5. The molecule has 0 amide bonds. The summed E-state index contributed by atoms with van der Waals surface area (Å²) >= 11 is 7.15. The number of Topliss-reactive ketones (excluding diaryl/α,β-unsaturated/α-hetero) is 6. The van der Waals surface area contributed by atoms with Crippen molar-refractivity contribution in [1.29, 1.82) is 0 Å². The van der Waals surface area contributed by atoms with Gasteiger partial charge in [0.05, 0.1) is 57.8 Å². The summed E-state index contributed by atoms with van der Waals surface area (Å²) in [7, 11) is -4.93. The molecule has 0 saturated carbocycles. The summed E-state index contributed by atoms with van der Waals surface area (Å²) in [4.78, 5) is 65.6. The van der Waals surface area contributed by atoms with Gasteiger partial charge in [0, 0.05) is 34.0 Å². The molecule has 0 aromatic carbocycles. The third-order valence-corrected chi connectivity index (χ3v) is 28.3. The summed E-state index contributed by atoms with van der Waals surface area (Å²) in [6, 6.07) is 0. The number of thioether (sulfide) groups is 2. The van der Waals surface area contributed by atoms with Crippen molar-refractivity contribution < 1.29 is 80.4 Å². The monoisotopic (exact) mass is 1170 g/mol. The molecule has 0 aromatic heterocycles. The van der Waals surface area contributed by atoms with Crippen LogP contribution < -0.4 is 0 Å². The van der Waals surface area contributed by atoms with Crippen molar-refractivity contribution in [2.24, 2.45) is 5.92 Å². The number of rotatable bonds is 6. The third kappa shape index (κ3) is 15.6. The van der Waals surface area contributed by atoms with E-state index < -0.39 is 59.2 Å². The Kier molecular flexibility index (Phi) is 23.4. The van der Waals surface area contributed by atoms with Crippen LogP contribution in [0.25, 0.3) is 0 Å². The van der Waals surface area contributed by atoms with Gasteiger partial charge in [-0.2, -0.15) is 0 Å². The predicted molar refractivity (Wildman–Crippen MR) is 306 cm³/mol. The van der Waals surface area contributed by atoms with Crippen LogP contribution >= 0.6 is 35.7 Å². The minimum Gasteiger partial charge on any atom is -0.496 e. The molecule has 0 aromatic rings. The molecule has 0 bridgehead atoms. The van der Waals surface area contributed by atoms with E-state index in [0.29, 0.717) is 21.3 Å². The summed E-state index contributed by atoms with van der Waals surface area (Å²) in [5.74, 6) is -0.102. The molecule has 13 atom stereocenters. The van der Waals surface area contributed by atoms with E-state index in [1.807, 2.05) is 19.9 Å². The fraction of sp³-hybridized carbons (Fsp3) is 0.764. The molecule has 7 aliphatic rings. The average molecular weight is 1180 g/mol. The van der Waals surface area contributed by atoms with Gasteiger partial charge in [0.1, 0.15) is 57.6 Å². The highest BCUT2D eigenvalue weighted by molar-refractivity contribution is 8.05. The molecule has 22 heteroatoms. The van der Waals surface area contributed by atoms with Crippen LogP contribution in [0.4, 0.5) is 0 Å². The minimum atomic E-state index is -2.60. The Bertz CT molecular complexity index is 2250. The number of carbonyl (C=O) groups excluding carboxylic acids is 6. The molecule has 7 heterocycles. The van der Waals surface area contributed by atoms with Crippen LogP contribution in [0, 0.1) is 5.92 Å². The predicted octanol–water partition coefficient (Wildman–Crippen LogP) is 10.00. The first-order valence-electron chi connectivity index (χ1n) is 26.3. The van der Waals surface area contributed by atoms with Crippen molar-refractivity contribution in [3.63, 3.8) is 0 Å². The maximum atomic E-state index is 12.0. The fourth-order valence-corrected chi connectivity index (χ4v) is 22.9. The molecule has 17 nitrogen and oxygen atoms in total. The fourth-order valence-electron chi connectivity index (χ4n) is 10.3. The number of ketones is 6. The van der Waals surface area contributed by atoms with E-state index >= 15 is 0 Å². The van der Waals surface area contributed by atoms with Crippen molar-refractivity contribution in [1.82, 2.24) is 0 Å². The molecule has 7 aliphatic heterocycles. The molecule has 0 spiro atoms. The number of aliphatic hydroxyl groups excluding tert-OH is 2. The normalized spacial score (nSPS) is 31.8. The topological polar surface area (TPSA) is 226 Å². The van der Waals surface area contributed by atoms with Gasteiger partial charge in [-0.15, -0.1) is 23.5 Å². The number of hydrogen-bond acceptors (Lipinski definition) is 20. The van der Waals surface area contributed by atoms with E-state index in [4.69, 9.17) is 41.4 Å². The standard InChI is InChI=1S/C19H32O5SSi.C14H26O3Si.C11H16O5S.C6H10O2.C5H6O2S/c1-10(20)15-12(3)22-17-16(25-15)14-13(11(2)21-17)23-26(24-14,18(4,5)6)19(7,8)9;1-10-12-11(8-9-15-10)16-18(17-12,13(2,3)4)14(5,6)7;1-4(12)9-6(3)16-11-10(17-9)8(14)7(13)5(2)15-11;1-4(5(2)7)6(3)8;1-3(6)5(8)4(2)7/h11,13-14,16-17H,1-9H3;8-12H,1-7H3;5,7-8,10-11,13-14H,1-3H3;4H,1-3H3;1-2H3/t;10-,11-,12+;;;/m.0.../s1. The highest BCUT2D eigenvalue weighted by atomic mass is 32.2. The maximum absolute atomic E-state index is 12.0. The number of carbonyl (C=O) groups is 6. The van der Waals surface area contributed by atoms with Crippen LogP contribution in [0.3, 0.4) is 0 Å². The summed E-state index contributed by atoms with van der Waals surface area (Å²) in [6.07, 6.45) is 0.0935. The van der Waals surface area contributed by atoms with E-state index in [1.54, 1.807) is 34.0 Å². The lowest BCUT2D eigenvalue weighted by atomic mass is 10.0. The molecular weight excluding hydrogens is 1080 g/mol. The zero-order valence-electron chi connectivity index (χ0n) is 50.0. The minimum absolute atomic E-state index is 0.0233. The average Bonchev–Trinajstić information content (AvgIpc) is 3.93. The SMILES string of the molecule is CC(=O)C(=S)C(C)=O.CC(=O)C(C)C(C)=O.CC(=O)C1=C(C)OC2OC(C)C(O)C(O)C2S1.CC(=O)C1=C(C)OC2OC(C)C3O[Si](C(C)(C)C)(C(C)(C)C)OC3C2S1.C[C@@H]1OC=C[C@@H]2O[Si](C(C)(C)C)(C(C)(C)C)O[C@H]12. The molecule has 0 radical (unpaired) electrons. The highest BCUT2D eigenvalue weighted by Crippen LogP contribution is 2.60. The molecule has 0 aliphatic carbocycles. The summed E-state index contributed by atoms with van der Waals surface area (Å²) in [5.41, 5.74) is 0. The lowest BCUT2D eigenvalue weighted by Crippen LogP contribution is -2.56. The van der Waals surface area contributed by atoms with Crippen molar-refractivity contribution in [3.05, 3.63) is 33.7 Å². The first-order chi connectivity index (χ1) is 34.9. The van der Waals surface area contributed by atoms with Crippen LogP contribution in [0.15, 0.2) is 33.7 Å². The van der Waals surface area contributed by atoms with Crippen molar-refractivity contribution in [2.75, 3.05) is 0 Å². The van der Waals surface area contributed by atoms with Gasteiger partial charge in [0.25, 0.3) is 0 Å². The number of ether oxygens (including phenoxy) is 5. The number of hydrogen-bond donors (Lipinski definition) is 2. The number of aliphatic hydroxyl groups is 2. The Morgan fingerprint density at radius 2 is 0.935 bits per heavy atom. The number of thiocarbonyl (C=S) groups is 1. The largest absolute Gasteiger partial charge is 0.496 e. The van der Waals surface area contributed by atoms with Gasteiger partial charge >= 0.3 is 17.1 Å². The Morgan fingerprint density at radius 1 is 0.558 bits per heavy atom. The van der Waals surface area contributed by atoms with Crippen LogP contribution in [-0.2, 0) is 70.2 Å². The van der Waals surface area contributed by atoms with Crippen LogP contribution in [-0.4, -0.2) is 145 Å². The molecule has 10 unspecified atom stereocenters. The Labute approximate surface area is 474 Å². The van der Waals surface area contributed by atoms with Gasteiger partial charge in [0.15, 0.2) is 23.1 Å². The van der Waals surface area contributed by atoms with Gasteiger partial charge in [-0.25, -0.2) is 0 Å². The van der Waals surface area contributed by atoms with Crippen molar-refractivity contribution in [3.8, 4) is 0 Å². The number of allylic oxidation sites excluding steroid dienone is 4. The molecule has 2 N–H and O–H groups in total. The highest BCUT2D eigenvalue weighted by Gasteiger charge is 2.69. The lowest BCUT2D eigenvalue weighted by molar-refractivity contribution is -0.229. The van der Waals surface area contributed by atoms with E-state index in [9.17, 15) is 39.0 Å². The summed E-state index contributed by atoms with van der Waals surface area (Å²) in [6.45, 7) is 46.0. The smallest absolute Gasteiger partial charge is 0.350 e. The van der Waals surface area contributed by atoms with Crippen molar-refractivity contribution >= 4 is 92.4 Å². The zero-order chi connectivity index (χ0) is 59.6. The Morgan fingerprint density at radius 3 is 1.30 bits per heavy atom. The molecule has 438 valence electrons. The first kappa shape index (κ1) is 68.8. The summed E-state index contributed by atoms with van der Waals surface area (Å²) in [5, 5.41) is 19.0. The van der Waals surface area contributed by atoms with Gasteiger partial charge in [0.2, 0.25) is 12.6 Å². The summed E-state index contributed by atoms with van der Waals surface area (Å²) < 4.78 is 55.4. The Balaban J connectivity index is 0.000000271. The van der Waals surface area contributed by atoms with E-state index in [-0.39, 0.29) is 102 Å². The zero-order valence-corrected chi connectivity index (χ0v) is 54.4. The lowest BCUT2D eigenvalue weighted by Gasteiger charge is -2.46. The first-order valence-corrected chi connectivity index (χ1v) is 32.1. The van der Waals surface area contributed by atoms with E-state index in [0.717, 1.165) is 0 Å². The van der Waals surface area contributed by atoms with Gasteiger partial charge in [-0.3, -0.25) is 28.8 Å². The second kappa shape index (κ2) is 26.2. The second-order valence-corrected chi connectivity index (χ2v) is 37.0. The van der Waals surface area contributed by atoms with Gasteiger partial charge < -0.3 is 51.6 Å². The molecule has 4 fully saturated rings. The van der Waals surface area contributed by atoms with Gasteiger partial charge in [-0.05, 0) is 75.3 Å². The molecule has 77 heavy (non-hydrogen) atoms. The van der Waals surface area contributed by atoms with Crippen LogP contribution in [0.2, 0.25) is 20.2 Å². The molecule has 4 saturated heterocycles. The van der Waals surface area contributed by atoms with Crippen LogP contribution in [0.5, 0.6) is 0 Å². The molecule has 7 rings (SSSR count). The Hall–Kier alpha value is -2.46. The maximum Gasteiger partial charge on any atom is 0.350 e. The van der Waals surface area contributed by atoms with Crippen molar-refractivity contribution in [2.45, 2.75) is 264 Å². The second-order valence-electron chi connectivity index (χ2n) is 24.8. The van der Waals surface area contributed by atoms with Gasteiger partial charge in [-0.1, -0.05) is 95.3 Å². The quantitative estimate of drug-likeness (QED) is 0.143.